The van der Waals surface area contributed by atoms with Crippen LogP contribution in [0.1, 0.15) is 0 Å². The Kier molecular flexibility index (Phi) is 4.25. The standard InChI is InChI=1S/C8H9F3N2O2S/c1-13-2-3-16-7(13)12-6(14)4-15-5-8(9,10)11/h2-3H,4-5H2,1H3. The SMILES string of the molecule is Cn1ccsc1=NC(=O)COCC(F)(F)F. The third-order valence-electron chi connectivity index (χ3n) is 1.47. The molecule has 1 aromatic heterocycles. The number of thiazole rings is 1. The zero-order chi connectivity index (χ0) is 12.2. The van der Waals surface area contributed by atoms with Gasteiger partial charge in [-0.05, 0) is 0 Å². The Morgan fingerprint density at radius 3 is 2.81 bits per heavy atom. The second-order valence-electron chi connectivity index (χ2n) is 2.91. The summed E-state index contributed by atoms with van der Waals surface area (Å²) in [5, 5.41) is 1.71. The van der Waals surface area contributed by atoms with Gasteiger partial charge in [-0.25, -0.2) is 0 Å². The third-order valence-corrected chi connectivity index (χ3v) is 2.32. The van der Waals surface area contributed by atoms with Crippen molar-refractivity contribution in [2.45, 2.75) is 6.18 Å². The zero-order valence-corrected chi connectivity index (χ0v) is 9.14. The van der Waals surface area contributed by atoms with Crippen LogP contribution in [0.3, 0.4) is 0 Å². The Balaban J connectivity index is 2.47. The lowest BCUT2D eigenvalue weighted by Crippen LogP contribution is -2.21. The minimum atomic E-state index is -4.42. The third kappa shape index (κ3) is 4.58. The van der Waals surface area contributed by atoms with Gasteiger partial charge in [-0.3, -0.25) is 4.79 Å². The summed E-state index contributed by atoms with van der Waals surface area (Å²) in [6.45, 7) is -2.11. The largest absolute Gasteiger partial charge is 0.411 e. The van der Waals surface area contributed by atoms with E-state index in [0.717, 1.165) is 0 Å². The van der Waals surface area contributed by atoms with E-state index < -0.39 is 25.3 Å². The van der Waals surface area contributed by atoms with E-state index in [0.29, 0.717) is 4.80 Å². The van der Waals surface area contributed by atoms with Crippen molar-refractivity contribution in [2.75, 3.05) is 13.2 Å². The lowest BCUT2D eigenvalue weighted by atomic mass is 10.6. The first-order chi connectivity index (χ1) is 7.38. The number of carbonyl (C=O) groups is 1. The molecule has 0 aliphatic carbocycles. The Morgan fingerprint density at radius 2 is 2.31 bits per heavy atom. The van der Waals surface area contributed by atoms with Gasteiger partial charge in [-0.15, -0.1) is 11.3 Å². The number of hydrogen-bond acceptors (Lipinski definition) is 3. The van der Waals surface area contributed by atoms with Crippen LogP contribution in [0.5, 0.6) is 0 Å². The second kappa shape index (κ2) is 5.26. The van der Waals surface area contributed by atoms with Crippen molar-refractivity contribution in [2.24, 2.45) is 12.0 Å². The Labute approximate surface area is 93.0 Å². The molecule has 0 aliphatic heterocycles. The minimum absolute atomic E-state index is 0.417. The predicted molar refractivity (Wildman–Crippen MR) is 50.7 cm³/mol. The van der Waals surface area contributed by atoms with Gasteiger partial charge in [-0.2, -0.15) is 18.2 Å². The van der Waals surface area contributed by atoms with Crippen LogP contribution >= 0.6 is 11.3 Å². The van der Waals surface area contributed by atoms with Crippen LogP contribution in [0.2, 0.25) is 0 Å². The Morgan fingerprint density at radius 1 is 1.62 bits per heavy atom. The molecular formula is C8H9F3N2O2S. The minimum Gasteiger partial charge on any atom is -0.362 e. The first kappa shape index (κ1) is 12.9. The van der Waals surface area contributed by atoms with E-state index >= 15 is 0 Å². The molecule has 8 heteroatoms. The van der Waals surface area contributed by atoms with Gasteiger partial charge in [0.2, 0.25) is 0 Å². The molecule has 1 amide bonds. The highest BCUT2D eigenvalue weighted by atomic mass is 32.1. The van der Waals surface area contributed by atoms with Gasteiger partial charge in [0, 0.05) is 18.6 Å². The van der Waals surface area contributed by atoms with Crippen molar-refractivity contribution in [1.82, 2.24) is 4.57 Å². The van der Waals surface area contributed by atoms with Gasteiger partial charge >= 0.3 is 6.18 Å². The Bertz CT molecular complexity index is 421. The summed E-state index contributed by atoms with van der Waals surface area (Å²) in [5.41, 5.74) is 0. The molecule has 0 atom stereocenters. The maximum atomic E-state index is 11.7. The zero-order valence-electron chi connectivity index (χ0n) is 8.32. The number of nitrogens with zero attached hydrogens (tertiary/aromatic N) is 2. The molecule has 0 aliphatic rings. The molecule has 0 saturated heterocycles. The van der Waals surface area contributed by atoms with Crippen LogP contribution in [0.25, 0.3) is 0 Å². The molecule has 0 saturated carbocycles. The molecule has 0 spiro atoms. The Hall–Kier alpha value is -1.15. The van der Waals surface area contributed by atoms with E-state index in [4.69, 9.17) is 0 Å². The maximum Gasteiger partial charge on any atom is 0.411 e. The van der Waals surface area contributed by atoms with Gasteiger partial charge < -0.3 is 9.30 Å². The molecule has 0 N–H and O–H groups in total. The quantitative estimate of drug-likeness (QED) is 0.810. The summed E-state index contributed by atoms with van der Waals surface area (Å²) < 4.78 is 40.8. The molecular weight excluding hydrogens is 245 g/mol. The highest BCUT2D eigenvalue weighted by Gasteiger charge is 2.27. The summed E-state index contributed by atoms with van der Waals surface area (Å²) in [7, 11) is 1.68. The average Bonchev–Trinajstić information content (AvgIpc) is 2.49. The highest BCUT2D eigenvalue weighted by Crippen LogP contribution is 2.14. The lowest BCUT2D eigenvalue weighted by molar-refractivity contribution is -0.175. The molecule has 0 bridgehead atoms. The lowest BCUT2D eigenvalue weighted by Gasteiger charge is -2.04. The molecule has 16 heavy (non-hydrogen) atoms. The summed E-state index contributed by atoms with van der Waals surface area (Å²) in [4.78, 5) is 15.1. The molecule has 0 aromatic carbocycles. The number of carbonyl (C=O) groups excluding carboxylic acids is 1. The number of alkyl halides is 3. The highest BCUT2D eigenvalue weighted by molar-refractivity contribution is 7.07. The topological polar surface area (TPSA) is 43.6 Å². The van der Waals surface area contributed by atoms with E-state index in [9.17, 15) is 18.0 Å². The monoisotopic (exact) mass is 254 g/mol. The molecule has 1 aromatic rings. The summed E-state index contributed by atoms with van der Waals surface area (Å²) in [5.74, 6) is -0.734. The molecule has 1 heterocycles. The second-order valence-corrected chi connectivity index (χ2v) is 3.78. The van der Waals surface area contributed by atoms with E-state index in [2.05, 4.69) is 9.73 Å². The molecule has 0 radical (unpaired) electrons. The summed E-state index contributed by atoms with van der Waals surface area (Å²) in [6, 6.07) is 0. The number of halogens is 3. The summed E-state index contributed by atoms with van der Waals surface area (Å²) in [6.07, 6.45) is -2.73. The van der Waals surface area contributed by atoms with Crippen LogP contribution in [-0.2, 0) is 16.6 Å². The fourth-order valence-electron chi connectivity index (χ4n) is 0.828. The molecule has 1 rings (SSSR count). The number of aromatic nitrogens is 1. The summed E-state index contributed by atoms with van der Waals surface area (Å²) >= 11 is 1.21. The van der Waals surface area contributed by atoms with Crippen LogP contribution in [-0.4, -0.2) is 29.9 Å². The first-order valence-electron chi connectivity index (χ1n) is 4.20. The van der Waals surface area contributed by atoms with Crippen molar-refractivity contribution in [3.8, 4) is 0 Å². The number of hydrogen-bond donors (Lipinski definition) is 0. The van der Waals surface area contributed by atoms with Gasteiger partial charge in [0.05, 0.1) is 0 Å². The smallest absolute Gasteiger partial charge is 0.362 e. The fourth-order valence-corrected chi connectivity index (χ4v) is 1.57. The average molecular weight is 254 g/mol. The van der Waals surface area contributed by atoms with Gasteiger partial charge in [-0.1, -0.05) is 0 Å². The van der Waals surface area contributed by atoms with Crippen molar-refractivity contribution >= 4 is 17.2 Å². The molecule has 0 unspecified atom stereocenters. The maximum absolute atomic E-state index is 11.7. The van der Waals surface area contributed by atoms with E-state index in [-0.39, 0.29) is 0 Å². The van der Waals surface area contributed by atoms with Crippen molar-refractivity contribution in [3.63, 3.8) is 0 Å². The van der Waals surface area contributed by atoms with E-state index in [1.165, 1.54) is 11.3 Å². The van der Waals surface area contributed by atoms with Crippen LogP contribution in [0, 0.1) is 0 Å². The molecule has 4 nitrogen and oxygen atoms in total. The number of aryl methyl sites for hydroxylation is 1. The van der Waals surface area contributed by atoms with E-state index in [1.54, 1.807) is 23.2 Å². The number of rotatable bonds is 3. The van der Waals surface area contributed by atoms with Crippen LogP contribution in [0.4, 0.5) is 13.2 Å². The van der Waals surface area contributed by atoms with Crippen molar-refractivity contribution in [1.29, 1.82) is 0 Å². The van der Waals surface area contributed by atoms with Crippen molar-refractivity contribution < 1.29 is 22.7 Å². The fraction of sp³-hybridized carbons (Fsp3) is 0.500. The molecule has 90 valence electrons. The predicted octanol–water partition coefficient (Wildman–Crippen LogP) is 1.09. The first-order valence-corrected chi connectivity index (χ1v) is 5.08. The number of ether oxygens (including phenoxy) is 1. The normalized spacial score (nSPS) is 13.1. The van der Waals surface area contributed by atoms with Gasteiger partial charge in [0.25, 0.3) is 5.91 Å². The van der Waals surface area contributed by atoms with Crippen LogP contribution in [0.15, 0.2) is 16.6 Å². The number of amides is 1. The molecule has 0 fully saturated rings. The van der Waals surface area contributed by atoms with E-state index in [1.807, 2.05) is 0 Å². The van der Waals surface area contributed by atoms with Gasteiger partial charge in [0.15, 0.2) is 4.80 Å². The van der Waals surface area contributed by atoms with Crippen LogP contribution < -0.4 is 4.80 Å². The van der Waals surface area contributed by atoms with Crippen molar-refractivity contribution in [3.05, 3.63) is 16.4 Å². The van der Waals surface area contributed by atoms with Gasteiger partial charge in [0.1, 0.15) is 13.2 Å².